The number of aryl methyl sites for hydroxylation is 1. The molecule has 0 bridgehead atoms. The van der Waals surface area contributed by atoms with Crippen LogP contribution in [0.15, 0.2) is 97.2 Å². The number of ether oxygens (including phenoxy) is 1. The highest BCUT2D eigenvalue weighted by Crippen LogP contribution is 2.34. The van der Waals surface area contributed by atoms with Crippen LogP contribution in [0.5, 0.6) is 0 Å². The van der Waals surface area contributed by atoms with Crippen LogP contribution in [0.1, 0.15) is 56.6 Å². The van der Waals surface area contributed by atoms with Crippen LogP contribution in [0.3, 0.4) is 0 Å². The number of cyclic esters (lactones) is 1. The summed E-state index contributed by atoms with van der Waals surface area (Å²) in [6.45, 7) is 10.8. The number of hydrogen-bond donors (Lipinski definition) is 3. The zero-order valence-corrected chi connectivity index (χ0v) is 34.0. The van der Waals surface area contributed by atoms with Gasteiger partial charge in [0.25, 0.3) is 0 Å². The third kappa shape index (κ3) is 10.3. The summed E-state index contributed by atoms with van der Waals surface area (Å²) in [5, 5.41) is 16.8. The van der Waals surface area contributed by atoms with E-state index >= 15 is 0 Å². The number of aliphatic hydroxyl groups is 1. The second-order valence-corrected chi connectivity index (χ2v) is 16.2. The molecule has 58 heavy (non-hydrogen) atoms. The van der Waals surface area contributed by atoms with Gasteiger partial charge in [0, 0.05) is 49.0 Å². The largest absolute Gasteiger partial charge is 0.464 e. The van der Waals surface area contributed by atoms with Crippen LogP contribution in [-0.4, -0.2) is 98.1 Å². The fourth-order valence-electron chi connectivity index (χ4n) is 7.70. The van der Waals surface area contributed by atoms with E-state index in [0.717, 1.165) is 33.8 Å². The van der Waals surface area contributed by atoms with Crippen molar-refractivity contribution in [2.45, 2.75) is 78.7 Å². The quantitative estimate of drug-likeness (QED) is 0.0768. The monoisotopic (exact) mass is 789 g/mol. The van der Waals surface area contributed by atoms with Gasteiger partial charge in [0.05, 0.1) is 36.7 Å². The molecule has 0 radical (unpaired) electrons. The number of hydrogen-bond acceptors (Lipinski definition) is 9. The molecule has 5 atom stereocenters. The predicted molar refractivity (Wildman–Crippen MR) is 219 cm³/mol. The number of urea groups is 1. The Morgan fingerprint density at radius 2 is 1.71 bits per heavy atom. The number of pyridine rings is 2. The molecular formula is C45H55N7O6. The van der Waals surface area contributed by atoms with Crippen molar-refractivity contribution in [1.82, 2.24) is 35.5 Å². The summed E-state index contributed by atoms with van der Waals surface area (Å²) >= 11 is 0. The Morgan fingerprint density at radius 3 is 2.36 bits per heavy atom. The smallest absolute Gasteiger partial charge is 0.321 e. The van der Waals surface area contributed by atoms with E-state index in [1.54, 1.807) is 34.9 Å². The van der Waals surface area contributed by atoms with Gasteiger partial charge in [-0.05, 0) is 54.7 Å². The van der Waals surface area contributed by atoms with E-state index in [-0.39, 0.29) is 44.0 Å². The molecule has 4 amide bonds. The van der Waals surface area contributed by atoms with Crippen LogP contribution in [0.4, 0.5) is 4.79 Å². The van der Waals surface area contributed by atoms with Gasteiger partial charge in [-0.15, -0.1) is 0 Å². The number of amides is 4. The van der Waals surface area contributed by atoms with Crippen LogP contribution in [0.2, 0.25) is 0 Å². The summed E-state index contributed by atoms with van der Waals surface area (Å²) in [7, 11) is 0. The topological polar surface area (TPSA) is 157 Å². The van der Waals surface area contributed by atoms with Crippen molar-refractivity contribution in [3.8, 4) is 11.3 Å². The Hall–Kier alpha value is -5.66. The molecule has 13 nitrogen and oxygen atoms in total. The Balaban J connectivity index is 1.24. The maximum absolute atomic E-state index is 14.5. The summed E-state index contributed by atoms with van der Waals surface area (Å²) in [5.74, 6) is -2.74. The van der Waals surface area contributed by atoms with Crippen molar-refractivity contribution in [3.63, 3.8) is 0 Å². The SMILES string of the molecule is CC[C@H](C)[C@@H](C(=O)N[C@@H](Cc1ccccc1)[C@H](O)CN(Cc1ccc(-c2ccccn2)cc1)NC(=O)C1C(=O)OCC1(C)C)N1CCN(Cc2cccc(C)n2)C1=O. The van der Waals surface area contributed by atoms with Crippen molar-refractivity contribution in [3.05, 3.63) is 120 Å². The molecule has 0 aliphatic carbocycles. The van der Waals surface area contributed by atoms with Crippen molar-refractivity contribution < 1.29 is 29.0 Å². The van der Waals surface area contributed by atoms with Crippen molar-refractivity contribution in [2.75, 3.05) is 26.2 Å². The van der Waals surface area contributed by atoms with Crippen LogP contribution >= 0.6 is 0 Å². The zero-order valence-electron chi connectivity index (χ0n) is 34.0. The minimum Gasteiger partial charge on any atom is -0.464 e. The summed E-state index contributed by atoms with van der Waals surface area (Å²) in [5.41, 5.74) is 7.28. The third-order valence-electron chi connectivity index (χ3n) is 11.1. The van der Waals surface area contributed by atoms with Gasteiger partial charge >= 0.3 is 12.0 Å². The van der Waals surface area contributed by atoms with Crippen molar-refractivity contribution in [2.24, 2.45) is 17.3 Å². The molecule has 2 fully saturated rings. The number of aliphatic hydroxyl groups excluding tert-OH is 1. The molecule has 0 saturated carbocycles. The lowest BCUT2D eigenvalue weighted by atomic mass is 9.81. The number of esters is 1. The van der Waals surface area contributed by atoms with Gasteiger partial charge in [-0.3, -0.25) is 29.8 Å². The molecule has 2 aromatic carbocycles. The molecule has 13 heteroatoms. The fourth-order valence-corrected chi connectivity index (χ4v) is 7.70. The van der Waals surface area contributed by atoms with Gasteiger partial charge < -0.3 is 25.0 Å². The van der Waals surface area contributed by atoms with Gasteiger partial charge in [0.1, 0.15) is 12.0 Å². The normalized spacial score (nSPS) is 18.4. The van der Waals surface area contributed by atoms with Gasteiger partial charge in [-0.2, -0.15) is 0 Å². The van der Waals surface area contributed by atoms with Crippen LogP contribution < -0.4 is 10.7 Å². The highest BCUT2D eigenvalue weighted by atomic mass is 16.5. The summed E-state index contributed by atoms with van der Waals surface area (Å²) in [6, 6.07) is 26.8. The minimum absolute atomic E-state index is 0.0956. The number of rotatable bonds is 17. The maximum atomic E-state index is 14.5. The molecule has 3 N–H and O–H groups in total. The molecular weight excluding hydrogens is 735 g/mol. The molecule has 1 unspecified atom stereocenters. The number of carbonyl (C=O) groups excluding carboxylic acids is 4. The lowest BCUT2D eigenvalue weighted by Crippen LogP contribution is -2.58. The minimum atomic E-state index is -1.20. The molecule has 6 rings (SSSR count). The summed E-state index contributed by atoms with van der Waals surface area (Å²) in [4.78, 5) is 67.3. The van der Waals surface area contributed by atoms with Crippen LogP contribution in [-0.2, 0) is 38.6 Å². The van der Waals surface area contributed by atoms with E-state index in [0.29, 0.717) is 26.1 Å². The highest BCUT2D eigenvalue weighted by Gasteiger charge is 2.49. The van der Waals surface area contributed by atoms with E-state index in [1.807, 2.05) is 112 Å². The molecule has 2 aromatic heterocycles. The first kappa shape index (κ1) is 42.0. The van der Waals surface area contributed by atoms with E-state index in [1.165, 1.54) is 0 Å². The Kier molecular flexibility index (Phi) is 13.6. The van der Waals surface area contributed by atoms with Gasteiger partial charge in [0.15, 0.2) is 0 Å². The van der Waals surface area contributed by atoms with Crippen molar-refractivity contribution >= 4 is 23.8 Å². The van der Waals surface area contributed by atoms with Crippen LogP contribution in [0.25, 0.3) is 11.3 Å². The van der Waals surface area contributed by atoms with E-state index in [9.17, 15) is 24.3 Å². The second-order valence-electron chi connectivity index (χ2n) is 16.2. The lowest BCUT2D eigenvalue weighted by Gasteiger charge is -2.35. The van der Waals surface area contributed by atoms with Gasteiger partial charge in [0.2, 0.25) is 11.8 Å². The summed E-state index contributed by atoms with van der Waals surface area (Å²) < 4.78 is 5.27. The van der Waals surface area contributed by atoms with Gasteiger partial charge in [-0.25, -0.2) is 9.80 Å². The first-order chi connectivity index (χ1) is 27.8. The lowest BCUT2D eigenvalue weighted by molar-refractivity contribution is -0.147. The predicted octanol–water partition coefficient (Wildman–Crippen LogP) is 4.93. The molecule has 4 heterocycles. The number of benzene rings is 2. The molecule has 2 aliphatic rings. The van der Waals surface area contributed by atoms with E-state index < -0.39 is 41.4 Å². The number of aromatic nitrogens is 2. The number of nitrogens with one attached hydrogen (secondary N) is 2. The molecule has 306 valence electrons. The fraction of sp³-hybridized carbons (Fsp3) is 0.422. The molecule has 2 saturated heterocycles. The molecule has 2 aliphatic heterocycles. The highest BCUT2D eigenvalue weighted by molar-refractivity contribution is 5.99. The zero-order chi connectivity index (χ0) is 41.4. The Morgan fingerprint density at radius 1 is 0.966 bits per heavy atom. The van der Waals surface area contributed by atoms with E-state index in [4.69, 9.17) is 4.74 Å². The number of hydrazine groups is 1. The van der Waals surface area contributed by atoms with Crippen LogP contribution in [0, 0.1) is 24.2 Å². The second kappa shape index (κ2) is 18.7. The molecule has 0 spiro atoms. The average molecular weight is 790 g/mol. The number of carbonyl (C=O) groups is 4. The molecule has 4 aromatic rings. The van der Waals surface area contributed by atoms with Gasteiger partial charge in [-0.1, -0.05) is 101 Å². The van der Waals surface area contributed by atoms with E-state index in [2.05, 4.69) is 20.7 Å². The Bertz CT molecular complexity index is 2030. The third-order valence-corrected chi connectivity index (χ3v) is 11.1. The standard InChI is InChI=1S/C45H55N7O6/c1-6-30(2)40(52-24-23-50(44(52)57)27-35-16-12-13-31(3)47-35)42(55)48-37(25-32-14-8-7-9-15-32)38(53)28-51(49-41(54)39-43(56)58-29-45(39,4)5)26-33-18-20-34(21-19-33)36-17-10-11-22-46-36/h7-22,30,37-40,53H,6,23-29H2,1-5H3,(H,48,55)(H,49,54)/t30-,37-,38+,39?,40-/m0/s1. The first-order valence-corrected chi connectivity index (χ1v) is 20.1. The summed E-state index contributed by atoms with van der Waals surface area (Å²) in [6.07, 6.45) is 1.46. The number of nitrogens with zero attached hydrogens (tertiary/aromatic N) is 5. The first-order valence-electron chi connectivity index (χ1n) is 20.1. The van der Waals surface area contributed by atoms with Crippen molar-refractivity contribution in [1.29, 1.82) is 0 Å². The Labute approximate surface area is 340 Å². The average Bonchev–Trinajstić information content (AvgIpc) is 3.70. The maximum Gasteiger partial charge on any atom is 0.321 e.